The van der Waals surface area contributed by atoms with E-state index in [9.17, 15) is 26.3 Å². The number of nitrogens with zero attached hydrogens (tertiary/aromatic N) is 7. The second-order valence-electron chi connectivity index (χ2n) is 8.97. The Kier molecular flexibility index (Phi) is 8.81. The number of fused-ring (bicyclic) bond motifs is 1. The smallest absolute Gasteiger partial charge is 0.369 e. The van der Waals surface area contributed by atoms with E-state index in [-0.39, 0.29) is 28.5 Å². The zero-order chi connectivity index (χ0) is 28.9. The Morgan fingerprint density at radius 3 is 2.38 bits per heavy atom. The van der Waals surface area contributed by atoms with Crippen LogP contribution in [0.25, 0.3) is 11.2 Å². The van der Waals surface area contributed by atoms with Crippen molar-refractivity contribution in [1.29, 1.82) is 0 Å². The zero-order valence-electron chi connectivity index (χ0n) is 21.6. The van der Waals surface area contributed by atoms with Crippen molar-refractivity contribution < 1.29 is 26.3 Å². The Balaban J connectivity index is 1.51. The van der Waals surface area contributed by atoms with Crippen LogP contribution in [0.15, 0.2) is 58.9 Å². The van der Waals surface area contributed by atoms with Gasteiger partial charge in [-0.3, -0.25) is 0 Å². The minimum atomic E-state index is -4.63. The molecule has 1 aliphatic heterocycles. The molecule has 9 nitrogen and oxygen atoms in total. The van der Waals surface area contributed by atoms with Gasteiger partial charge in [0.05, 0.1) is 23.1 Å². The van der Waals surface area contributed by atoms with Crippen LogP contribution in [0.1, 0.15) is 37.6 Å². The molecule has 2 unspecified atom stereocenters. The Morgan fingerprint density at radius 1 is 0.950 bits per heavy atom. The molecule has 4 rings (SSSR count). The number of aromatic nitrogens is 4. The van der Waals surface area contributed by atoms with Crippen LogP contribution in [-0.2, 0) is 6.18 Å². The van der Waals surface area contributed by atoms with Gasteiger partial charge in [-0.2, -0.15) is 31.5 Å². The van der Waals surface area contributed by atoms with Gasteiger partial charge in [-0.15, -0.1) is 5.11 Å². The van der Waals surface area contributed by atoms with Gasteiger partial charge >= 0.3 is 12.4 Å². The summed E-state index contributed by atoms with van der Waals surface area (Å²) in [5.74, 6) is -1.84. The summed E-state index contributed by atoms with van der Waals surface area (Å²) in [5, 5.41) is 13.6. The van der Waals surface area contributed by atoms with Crippen molar-refractivity contribution in [2.24, 2.45) is 16.1 Å². The SMILES string of the molecule is CCN(CC)CCCNC1=CC(C(F)(F)F)C(c2cnc3c(Nc4ccc(C(F)(F)F)cn4)ccnc3n2)N=N1. The van der Waals surface area contributed by atoms with E-state index in [1.165, 1.54) is 12.3 Å². The maximum Gasteiger partial charge on any atom is 0.417 e. The molecular formula is C25H27F6N9. The molecule has 0 spiro atoms. The topological polar surface area (TPSA) is 104 Å². The molecule has 0 aliphatic carbocycles. The molecule has 0 bridgehead atoms. The van der Waals surface area contributed by atoms with Crippen molar-refractivity contribution in [3.63, 3.8) is 0 Å². The van der Waals surface area contributed by atoms with Gasteiger partial charge < -0.3 is 15.5 Å². The highest BCUT2D eigenvalue weighted by Gasteiger charge is 2.47. The van der Waals surface area contributed by atoms with Gasteiger partial charge in [0.15, 0.2) is 5.65 Å². The first kappa shape index (κ1) is 29.1. The van der Waals surface area contributed by atoms with Crippen molar-refractivity contribution in [3.05, 3.63) is 59.9 Å². The molecule has 2 atom stereocenters. The van der Waals surface area contributed by atoms with Crippen LogP contribution in [-0.4, -0.2) is 57.2 Å². The molecule has 15 heteroatoms. The first-order chi connectivity index (χ1) is 19.0. The lowest BCUT2D eigenvalue weighted by Gasteiger charge is -2.26. The largest absolute Gasteiger partial charge is 0.417 e. The summed E-state index contributed by atoms with van der Waals surface area (Å²) in [5.41, 5.74) is -0.460. The number of rotatable bonds is 10. The molecule has 2 N–H and O–H groups in total. The van der Waals surface area contributed by atoms with Crippen molar-refractivity contribution in [1.82, 2.24) is 30.2 Å². The van der Waals surface area contributed by atoms with Crippen LogP contribution in [0.5, 0.6) is 0 Å². The predicted molar refractivity (Wildman–Crippen MR) is 135 cm³/mol. The molecule has 4 heterocycles. The van der Waals surface area contributed by atoms with Gasteiger partial charge in [0, 0.05) is 18.9 Å². The normalized spacial score (nSPS) is 17.8. The fraction of sp³-hybridized carbons (Fsp3) is 0.440. The van der Waals surface area contributed by atoms with Gasteiger partial charge in [0.25, 0.3) is 0 Å². The van der Waals surface area contributed by atoms with Crippen LogP contribution in [0.2, 0.25) is 0 Å². The Bertz CT molecular complexity index is 1350. The van der Waals surface area contributed by atoms with Gasteiger partial charge in [0.2, 0.25) is 0 Å². The molecule has 0 fully saturated rings. The molecule has 214 valence electrons. The zero-order valence-corrected chi connectivity index (χ0v) is 21.6. The summed E-state index contributed by atoms with van der Waals surface area (Å²) in [7, 11) is 0. The van der Waals surface area contributed by atoms with E-state index in [4.69, 9.17) is 0 Å². The van der Waals surface area contributed by atoms with Crippen LogP contribution < -0.4 is 10.6 Å². The monoisotopic (exact) mass is 567 g/mol. The van der Waals surface area contributed by atoms with Crippen LogP contribution in [0, 0.1) is 5.92 Å². The predicted octanol–water partition coefficient (Wildman–Crippen LogP) is 6.03. The first-order valence-corrected chi connectivity index (χ1v) is 12.6. The van der Waals surface area contributed by atoms with E-state index in [2.05, 4.69) is 45.7 Å². The number of nitrogens with one attached hydrogen (secondary N) is 2. The van der Waals surface area contributed by atoms with Gasteiger partial charge in [-0.1, -0.05) is 13.8 Å². The third-order valence-corrected chi connectivity index (χ3v) is 6.32. The second kappa shape index (κ2) is 12.1. The quantitative estimate of drug-likeness (QED) is 0.228. The number of anilines is 2. The standard InChI is InChI=1S/C25H27F6N9/c1-3-40(4-2)11-5-9-32-20-12-16(25(29,30)31)21(39-38-20)18-14-35-22-17(8-10-33-23(22)37-18)36-19-7-6-15(13-34-19)24(26,27)28/h6-8,10,12-14,16,21,32H,3-5,9,11H2,1-2H3,(H,33,34,36,37). The lowest BCUT2D eigenvalue weighted by Crippen LogP contribution is -2.31. The Hall–Kier alpha value is -3.88. The third-order valence-electron chi connectivity index (χ3n) is 6.32. The molecule has 0 saturated carbocycles. The highest BCUT2D eigenvalue weighted by molar-refractivity contribution is 5.86. The average Bonchev–Trinajstić information content (AvgIpc) is 2.92. The minimum Gasteiger partial charge on any atom is -0.369 e. The van der Waals surface area contributed by atoms with E-state index in [1.54, 1.807) is 0 Å². The van der Waals surface area contributed by atoms with Crippen molar-refractivity contribution in [3.8, 4) is 0 Å². The van der Waals surface area contributed by atoms with Crippen LogP contribution in [0.3, 0.4) is 0 Å². The van der Waals surface area contributed by atoms with Crippen molar-refractivity contribution >= 4 is 22.7 Å². The van der Waals surface area contributed by atoms with E-state index in [1.807, 2.05) is 13.8 Å². The first-order valence-electron chi connectivity index (χ1n) is 12.6. The Morgan fingerprint density at radius 2 is 1.73 bits per heavy atom. The number of azo groups is 1. The minimum absolute atomic E-state index is 0.0230. The van der Waals surface area contributed by atoms with E-state index in [0.717, 1.165) is 50.5 Å². The molecule has 0 radical (unpaired) electrons. The number of alkyl halides is 6. The molecule has 0 aromatic carbocycles. The molecule has 0 amide bonds. The molecule has 40 heavy (non-hydrogen) atoms. The highest BCUT2D eigenvalue weighted by Crippen LogP contribution is 2.42. The lowest BCUT2D eigenvalue weighted by atomic mass is 9.95. The summed E-state index contributed by atoms with van der Waals surface area (Å²) in [4.78, 5) is 18.6. The molecule has 3 aromatic heterocycles. The number of pyridine rings is 2. The molecule has 0 saturated heterocycles. The second-order valence-corrected chi connectivity index (χ2v) is 8.97. The summed E-state index contributed by atoms with van der Waals surface area (Å²) in [6.07, 6.45) is -4.23. The van der Waals surface area contributed by atoms with Crippen LogP contribution >= 0.6 is 0 Å². The fourth-order valence-electron chi connectivity index (χ4n) is 4.11. The van der Waals surface area contributed by atoms with Gasteiger partial charge in [-0.25, -0.2) is 19.9 Å². The van der Waals surface area contributed by atoms with Crippen molar-refractivity contribution in [2.45, 2.75) is 38.7 Å². The maximum atomic E-state index is 14.0. The van der Waals surface area contributed by atoms with Crippen LogP contribution in [0.4, 0.5) is 37.8 Å². The highest BCUT2D eigenvalue weighted by atomic mass is 19.4. The lowest BCUT2D eigenvalue weighted by molar-refractivity contribution is -0.168. The maximum absolute atomic E-state index is 14.0. The summed E-state index contributed by atoms with van der Waals surface area (Å²) in [6, 6.07) is 2.05. The Labute approximate surface area is 225 Å². The molecular weight excluding hydrogens is 540 g/mol. The molecule has 3 aromatic rings. The van der Waals surface area contributed by atoms with E-state index < -0.39 is 29.9 Å². The van der Waals surface area contributed by atoms with Crippen molar-refractivity contribution in [2.75, 3.05) is 31.5 Å². The van der Waals surface area contributed by atoms with E-state index in [0.29, 0.717) is 18.4 Å². The number of hydrogen-bond donors (Lipinski definition) is 2. The summed E-state index contributed by atoms with van der Waals surface area (Å²) >= 11 is 0. The molecule has 1 aliphatic rings. The van der Waals surface area contributed by atoms with E-state index >= 15 is 0 Å². The summed E-state index contributed by atoms with van der Waals surface area (Å²) < 4.78 is 80.5. The fourth-order valence-corrected chi connectivity index (χ4v) is 4.11. The summed E-state index contributed by atoms with van der Waals surface area (Å²) in [6.45, 7) is 7.12. The van der Waals surface area contributed by atoms with Gasteiger partial charge in [-0.05, 0) is 50.3 Å². The third kappa shape index (κ3) is 7.00. The van der Waals surface area contributed by atoms with Gasteiger partial charge in [0.1, 0.15) is 29.1 Å². The number of hydrogen-bond acceptors (Lipinski definition) is 9. The number of halogens is 6. The average molecular weight is 568 g/mol.